The second-order valence-electron chi connectivity index (χ2n) is 1.91. The highest BCUT2D eigenvalue weighted by Gasteiger charge is 1.87. The van der Waals surface area contributed by atoms with E-state index in [1.54, 1.807) is 13.8 Å². The summed E-state index contributed by atoms with van der Waals surface area (Å²) < 4.78 is 8.87. The molecule has 0 aromatic rings. The highest BCUT2D eigenvalue weighted by molar-refractivity contribution is 5.81. The van der Waals surface area contributed by atoms with Crippen molar-refractivity contribution in [3.05, 3.63) is 25.3 Å². The number of esters is 2. The third kappa shape index (κ3) is 13.0. The van der Waals surface area contributed by atoms with Gasteiger partial charge in [0.1, 0.15) is 0 Å². The molecule has 4 heteroatoms. The van der Waals surface area contributed by atoms with Crippen LogP contribution in [0.1, 0.15) is 13.8 Å². The zero-order chi connectivity index (χ0) is 11.4. The van der Waals surface area contributed by atoms with Crippen molar-refractivity contribution in [1.82, 2.24) is 0 Å². The van der Waals surface area contributed by atoms with Crippen LogP contribution in [0.5, 0.6) is 0 Å². The Labute approximate surface area is 84.2 Å². The lowest BCUT2D eigenvalue weighted by atomic mass is 10.6. The molecule has 0 rings (SSSR count). The van der Waals surface area contributed by atoms with Crippen molar-refractivity contribution in [2.45, 2.75) is 13.8 Å². The molecule has 0 unspecified atom stereocenters. The maximum atomic E-state index is 10.1. The van der Waals surface area contributed by atoms with E-state index < -0.39 is 0 Å². The Hall–Kier alpha value is -1.58. The summed E-state index contributed by atoms with van der Waals surface area (Å²) in [6.07, 6.45) is 2.28. The minimum absolute atomic E-state index is 0.359. The SMILES string of the molecule is C=CC(=O)OCC.C=CC(=O)OCC. The van der Waals surface area contributed by atoms with Crippen LogP contribution in [0.25, 0.3) is 0 Å². The maximum absolute atomic E-state index is 10.1. The Bertz CT molecular complexity index is 174. The van der Waals surface area contributed by atoms with Crippen LogP contribution in [0, 0.1) is 0 Å². The molecule has 4 nitrogen and oxygen atoms in total. The molecule has 0 fully saturated rings. The van der Waals surface area contributed by atoms with Crippen LogP contribution in [0.3, 0.4) is 0 Å². The minimum atomic E-state index is -0.359. The molecule has 0 saturated carbocycles. The molecule has 0 aromatic heterocycles. The van der Waals surface area contributed by atoms with Crippen LogP contribution < -0.4 is 0 Å². The van der Waals surface area contributed by atoms with E-state index in [1.807, 2.05) is 0 Å². The van der Waals surface area contributed by atoms with Gasteiger partial charge in [-0.2, -0.15) is 0 Å². The number of carbonyl (C=O) groups is 2. The summed E-state index contributed by atoms with van der Waals surface area (Å²) in [5, 5.41) is 0. The van der Waals surface area contributed by atoms with Gasteiger partial charge in [-0.3, -0.25) is 0 Å². The molecule has 0 aliphatic carbocycles. The molecule has 80 valence electrons. The Kier molecular flexibility index (Phi) is 12.2. The number of hydrogen-bond donors (Lipinski definition) is 0. The molecule has 14 heavy (non-hydrogen) atoms. The van der Waals surface area contributed by atoms with Gasteiger partial charge < -0.3 is 9.47 Å². The molecule has 0 heterocycles. The normalized spacial score (nSPS) is 7.57. The molecule has 0 atom stereocenters. The molecule has 0 radical (unpaired) electrons. The second kappa shape index (κ2) is 11.4. The van der Waals surface area contributed by atoms with E-state index in [2.05, 4.69) is 22.6 Å². The summed E-state index contributed by atoms with van der Waals surface area (Å²) >= 11 is 0. The fraction of sp³-hybridized carbons (Fsp3) is 0.400. The van der Waals surface area contributed by atoms with Gasteiger partial charge in [0.05, 0.1) is 13.2 Å². The number of hydrogen-bond acceptors (Lipinski definition) is 4. The zero-order valence-corrected chi connectivity index (χ0v) is 8.62. The van der Waals surface area contributed by atoms with E-state index >= 15 is 0 Å². The van der Waals surface area contributed by atoms with E-state index in [4.69, 9.17) is 0 Å². The summed E-state index contributed by atoms with van der Waals surface area (Å²) in [6, 6.07) is 0. The van der Waals surface area contributed by atoms with Gasteiger partial charge in [0.15, 0.2) is 0 Å². The highest BCUT2D eigenvalue weighted by Crippen LogP contribution is 1.75. The summed E-state index contributed by atoms with van der Waals surface area (Å²) in [6.45, 7) is 10.8. The van der Waals surface area contributed by atoms with Crippen LogP contribution in [-0.4, -0.2) is 25.2 Å². The van der Waals surface area contributed by atoms with Gasteiger partial charge >= 0.3 is 11.9 Å². The fourth-order valence-corrected chi connectivity index (χ4v) is 0.402. The van der Waals surface area contributed by atoms with Gasteiger partial charge in [-0.05, 0) is 13.8 Å². The van der Waals surface area contributed by atoms with Crippen LogP contribution in [0.2, 0.25) is 0 Å². The predicted octanol–water partition coefficient (Wildman–Crippen LogP) is 1.47. The molecule has 0 aliphatic rings. The quantitative estimate of drug-likeness (QED) is 0.509. The van der Waals surface area contributed by atoms with Crippen LogP contribution >= 0.6 is 0 Å². The van der Waals surface area contributed by atoms with Crippen molar-refractivity contribution in [2.75, 3.05) is 13.2 Å². The van der Waals surface area contributed by atoms with Crippen molar-refractivity contribution in [2.24, 2.45) is 0 Å². The van der Waals surface area contributed by atoms with Gasteiger partial charge in [-0.15, -0.1) is 0 Å². The Balaban J connectivity index is 0. The number of rotatable bonds is 4. The Morgan fingerprint density at radius 2 is 1.29 bits per heavy atom. The maximum Gasteiger partial charge on any atom is 0.330 e. The smallest absolute Gasteiger partial charge is 0.330 e. The topological polar surface area (TPSA) is 52.6 Å². The van der Waals surface area contributed by atoms with Crippen molar-refractivity contribution >= 4 is 11.9 Å². The number of ether oxygens (including phenoxy) is 2. The van der Waals surface area contributed by atoms with Crippen molar-refractivity contribution in [1.29, 1.82) is 0 Å². The Morgan fingerprint density at radius 1 is 1.00 bits per heavy atom. The van der Waals surface area contributed by atoms with E-state index in [1.165, 1.54) is 0 Å². The molecule has 0 aliphatic heterocycles. The fourth-order valence-electron chi connectivity index (χ4n) is 0.402. The van der Waals surface area contributed by atoms with E-state index in [0.29, 0.717) is 13.2 Å². The first-order valence-corrected chi connectivity index (χ1v) is 4.20. The van der Waals surface area contributed by atoms with Crippen LogP contribution in [0.4, 0.5) is 0 Å². The summed E-state index contributed by atoms with van der Waals surface area (Å²) in [7, 11) is 0. The third-order valence-corrected chi connectivity index (χ3v) is 0.907. The van der Waals surface area contributed by atoms with E-state index in [0.717, 1.165) is 12.2 Å². The third-order valence-electron chi connectivity index (χ3n) is 0.907. The molecule has 0 spiro atoms. The monoisotopic (exact) mass is 200 g/mol. The van der Waals surface area contributed by atoms with Crippen molar-refractivity contribution in [3.8, 4) is 0 Å². The van der Waals surface area contributed by atoms with Gasteiger partial charge in [0.25, 0.3) is 0 Å². The Morgan fingerprint density at radius 3 is 1.36 bits per heavy atom. The van der Waals surface area contributed by atoms with Crippen molar-refractivity contribution < 1.29 is 19.1 Å². The van der Waals surface area contributed by atoms with Gasteiger partial charge in [0, 0.05) is 12.2 Å². The van der Waals surface area contributed by atoms with Crippen LogP contribution in [-0.2, 0) is 19.1 Å². The molecule has 0 saturated heterocycles. The first kappa shape index (κ1) is 14.9. The predicted molar refractivity (Wildman–Crippen MR) is 53.7 cm³/mol. The highest BCUT2D eigenvalue weighted by atomic mass is 16.5. The van der Waals surface area contributed by atoms with E-state index in [-0.39, 0.29) is 11.9 Å². The minimum Gasteiger partial charge on any atom is -0.463 e. The molecule has 0 amide bonds. The zero-order valence-electron chi connectivity index (χ0n) is 8.62. The van der Waals surface area contributed by atoms with E-state index in [9.17, 15) is 9.59 Å². The van der Waals surface area contributed by atoms with Crippen molar-refractivity contribution in [3.63, 3.8) is 0 Å². The standard InChI is InChI=1S/2C5H8O2/c2*1-3-5(6)7-4-2/h2*3H,1,4H2,2H3. The molecule has 0 bridgehead atoms. The molecular weight excluding hydrogens is 184 g/mol. The number of carbonyl (C=O) groups excluding carboxylic acids is 2. The van der Waals surface area contributed by atoms with Gasteiger partial charge in [0.2, 0.25) is 0 Å². The second-order valence-corrected chi connectivity index (χ2v) is 1.91. The average Bonchev–Trinajstić information content (AvgIpc) is 2.19. The lowest BCUT2D eigenvalue weighted by Gasteiger charge is -1.90. The molecule has 0 N–H and O–H groups in total. The summed E-state index contributed by atoms with van der Waals surface area (Å²) in [5.74, 6) is -0.718. The molecule has 0 aromatic carbocycles. The largest absolute Gasteiger partial charge is 0.463 e. The summed E-state index contributed by atoms with van der Waals surface area (Å²) in [5.41, 5.74) is 0. The first-order chi connectivity index (χ1) is 6.62. The molecular formula is C10H16O4. The summed E-state index contributed by atoms with van der Waals surface area (Å²) in [4.78, 5) is 20.1. The first-order valence-electron chi connectivity index (χ1n) is 4.20. The van der Waals surface area contributed by atoms with Gasteiger partial charge in [-0.25, -0.2) is 9.59 Å². The lowest BCUT2D eigenvalue weighted by molar-refractivity contribution is -0.138. The average molecular weight is 200 g/mol. The van der Waals surface area contributed by atoms with Crippen LogP contribution in [0.15, 0.2) is 25.3 Å². The van der Waals surface area contributed by atoms with Gasteiger partial charge in [-0.1, -0.05) is 13.2 Å². The lowest BCUT2D eigenvalue weighted by Crippen LogP contribution is -1.97.